The van der Waals surface area contributed by atoms with Crippen molar-refractivity contribution in [3.05, 3.63) is 12.2 Å². The predicted molar refractivity (Wildman–Crippen MR) is 75.2 cm³/mol. The standard InChI is InChI=1S/C14H22N4O3/c1-10(2)7-18-8-11(6-13(18)19)14(20)17(3)5-4-12-15-9-21-16-12/h9-11H,4-8H2,1-3H3. The highest BCUT2D eigenvalue weighted by molar-refractivity contribution is 5.89. The maximum Gasteiger partial charge on any atom is 0.227 e. The second-order valence-electron chi connectivity index (χ2n) is 5.95. The Morgan fingerprint density at radius 2 is 2.33 bits per heavy atom. The van der Waals surface area contributed by atoms with Gasteiger partial charge in [-0.05, 0) is 5.92 Å². The molecule has 1 aromatic heterocycles. The molecule has 0 N–H and O–H groups in total. The van der Waals surface area contributed by atoms with Gasteiger partial charge in [-0.2, -0.15) is 4.98 Å². The highest BCUT2D eigenvalue weighted by atomic mass is 16.5. The maximum absolute atomic E-state index is 12.4. The molecule has 2 rings (SSSR count). The zero-order valence-electron chi connectivity index (χ0n) is 12.8. The molecule has 21 heavy (non-hydrogen) atoms. The summed E-state index contributed by atoms with van der Waals surface area (Å²) in [5.74, 6) is 0.857. The van der Waals surface area contributed by atoms with Crippen LogP contribution in [0.3, 0.4) is 0 Å². The van der Waals surface area contributed by atoms with Gasteiger partial charge in [0.05, 0.1) is 5.92 Å². The van der Waals surface area contributed by atoms with Crippen LogP contribution >= 0.6 is 0 Å². The van der Waals surface area contributed by atoms with Gasteiger partial charge in [-0.25, -0.2) is 0 Å². The molecule has 1 aliphatic heterocycles. The Morgan fingerprint density at radius 3 is 2.95 bits per heavy atom. The van der Waals surface area contributed by atoms with E-state index < -0.39 is 0 Å². The second kappa shape index (κ2) is 6.69. The Bertz CT molecular complexity index is 486. The third-order valence-corrected chi connectivity index (χ3v) is 3.60. The van der Waals surface area contributed by atoms with Crippen LogP contribution in [0.5, 0.6) is 0 Å². The van der Waals surface area contributed by atoms with Crippen LogP contribution in [-0.4, -0.2) is 58.4 Å². The van der Waals surface area contributed by atoms with Crippen molar-refractivity contribution >= 4 is 11.8 Å². The molecule has 1 atom stereocenters. The molecule has 7 nitrogen and oxygen atoms in total. The summed E-state index contributed by atoms with van der Waals surface area (Å²) in [6.45, 7) is 5.91. The summed E-state index contributed by atoms with van der Waals surface area (Å²) in [5, 5.41) is 3.72. The van der Waals surface area contributed by atoms with E-state index in [4.69, 9.17) is 0 Å². The Kier molecular flexibility index (Phi) is 4.93. The quantitative estimate of drug-likeness (QED) is 0.766. The van der Waals surface area contributed by atoms with E-state index in [1.54, 1.807) is 16.8 Å². The lowest BCUT2D eigenvalue weighted by atomic mass is 10.1. The highest BCUT2D eigenvalue weighted by Crippen LogP contribution is 2.20. The van der Waals surface area contributed by atoms with E-state index in [1.807, 2.05) is 0 Å². The normalized spacial score (nSPS) is 18.6. The number of likely N-dealkylation sites (N-methyl/N-ethyl adjacent to an activating group) is 1. The van der Waals surface area contributed by atoms with Crippen LogP contribution in [0.2, 0.25) is 0 Å². The van der Waals surface area contributed by atoms with Crippen LogP contribution in [0.25, 0.3) is 0 Å². The molecule has 1 aromatic rings. The molecule has 0 saturated carbocycles. The van der Waals surface area contributed by atoms with Gasteiger partial charge in [0.1, 0.15) is 0 Å². The fourth-order valence-corrected chi connectivity index (χ4v) is 2.55. The van der Waals surface area contributed by atoms with Crippen molar-refractivity contribution in [3.63, 3.8) is 0 Å². The lowest BCUT2D eigenvalue weighted by Crippen LogP contribution is -2.36. The van der Waals surface area contributed by atoms with Crippen molar-refractivity contribution in [3.8, 4) is 0 Å². The van der Waals surface area contributed by atoms with E-state index in [9.17, 15) is 9.59 Å². The highest BCUT2D eigenvalue weighted by Gasteiger charge is 2.35. The molecular weight excluding hydrogens is 272 g/mol. The second-order valence-corrected chi connectivity index (χ2v) is 5.95. The first-order valence-electron chi connectivity index (χ1n) is 7.25. The molecule has 2 heterocycles. The van der Waals surface area contributed by atoms with Gasteiger partial charge in [-0.3, -0.25) is 9.59 Å². The first-order chi connectivity index (χ1) is 9.97. The molecule has 0 aromatic carbocycles. The largest absolute Gasteiger partial charge is 0.345 e. The molecule has 0 spiro atoms. The van der Waals surface area contributed by atoms with Crippen LogP contribution in [0, 0.1) is 11.8 Å². The number of hydrogen-bond donors (Lipinski definition) is 0. The molecule has 1 saturated heterocycles. The van der Waals surface area contributed by atoms with Gasteiger partial charge < -0.3 is 14.3 Å². The Hall–Kier alpha value is -1.92. The molecule has 0 aliphatic carbocycles. The molecule has 116 valence electrons. The number of rotatable bonds is 6. The van der Waals surface area contributed by atoms with E-state index in [1.165, 1.54) is 6.39 Å². The average molecular weight is 294 g/mol. The first kappa shape index (κ1) is 15.5. The van der Waals surface area contributed by atoms with Gasteiger partial charge in [0.15, 0.2) is 5.82 Å². The van der Waals surface area contributed by atoms with Gasteiger partial charge >= 0.3 is 0 Å². The number of likely N-dealkylation sites (tertiary alicyclic amines) is 1. The van der Waals surface area contributed by atoms with Crippen molar-refractivity contribution in [2.24, 2.45) is 11.8 Å². The summed E-state index contributed by atoms with van der Waals surface area (Å²) in [6.07, 6.45) is 2.14. The molecule has 1 fully saturated rings. The number of hydrogen-bond acceptors (Lipinski definition) is 5. The summed E-state index contributed by atoms with van der Waals surface area (Å²) in [4.78, 5) is 31.6. The van der Waals surface area contributed by atoms with Crippen molar-refractivity contribution in [1.29, 1.82) is 0 Å². The fourth-order valence-electron chi connectivity index (χ4n) is 2.55. The molecule has 2 amide bonds. The average Bonchev–Trinajstić information content (AvgIpc) is 3.05. The summed E-state index contributed by atoms with van der Waals surface area (Å²) < 4.78 is 4.66. The Morgan fingerprint density at radius 1 is 1.57 bits per heavy atom. The Balaban J connectivity index is 1.84. The summed E-state index contributed by atoms with van der Waals surface area (Å²) in [7, 11) is 1.75. The third-order valence-electron chi connectivity index (χ3n) is 3.60. The first-order valence-corrected chi connectivity index (χ1v) is 7.25. The molecule has 7 heteroatoms. The van der Waals surface area contributed by atoms with E-state index in [2.05, 4.69) is 28.5 Å². The van der Waals surface area contributed by atoms with Crippen molar-refractivity contribution in [2.45, 2.75) is 26.7 Å². The third kappa shape index (κ3) is 4.03. The molecular formula is C14H22N4O3. The summed E-state index contributed by atoms with van der Waals surface area (Å²) >= 11 is 0. The number of carbonyl (C=O) groups is 2. The van der Waals surface area contributed by atoms with E-state index >= 15 is 0 Å². The molecule has 1 unspecified atom stereocenters. The van der Waals surface area contributed by atoms with Crippen molar-refractivity contribution in [2.75, 3.05) is 26.7 Å². The van der Waals surface area contributed by atoms with E-state index in [0.29, 0.717) is 37.7 Å². The number of amides is 2. The van der Waals surface area contributed by atoms with Crippen LogP contribution in [0.1, 0.15) is 26.1 Å². The zero-order chi connectivity index (χ0) is 15.4. The van der Waals surface area contributed by atoms with Crippen LogP contribution in [0.15, 0.2) is 10.9 Å². The summed E-state index contributed by atoms with van der Waals surface area (Å²) in [6, 6.07) is 0. The monoisotopic (exact) mass is 294 g/mol. The predicted octanol–water partition coefficient (Wildman–Crippen LogP) is 0.575. The van der Waals surface area contributed by atoms with Gasteiger partial charge in [-0.15, -0.1) is 0 Å². The zero-order valence-corrected chi connectivity index (χ0v) is 12.8. The van der Waals surface area contributed by atoms with Crippen molar-refractivity contribution < 1.29 is 14.1 Å². The maximum atomic E-state index is 12.4. The number of aromatic nitrogens is 2. The minimum absolute atomic E-state index is 0.0121. The van der Waals surface area contributed by atoms with Gasteiger partial charge in [-0.1, -0.05) is 19.0 Å². The van der Waals surface area contributed by atoms with Crippen LogP contribution < -0.4 is 0 Å². The fraction of sp³-hybridized carbons (Fsp3) is 0.714. The lowest BCUT2D eigenvalue weighted by Gasteiger charge is -2.21. The number of nitrogens with zero attached hydrogens (tertiary/aromatic N) is 4. The van der Waals surface area contributed by atoms with Crippen molar-refractivity contribution in [1.82, 2.24) is 19.9 Å². The van der Waals surface area contributed by atoms with Crippen LogP contribution in [0.4, 0.5) is 0 Å². The molecule has 1 aliphatic rings. The van der Waals surface area contributed by atoms with Gasteiger partial charge in [0, 0.05) is 39.5 Å². The van der Waals surface area contributed by atoms with Crippen LogP contribution in [-0.2, 0) is 16.0 Å². The van der Waals surface area contributed by atoms with E-state index in [0.717, 1.165) is 6.54 Å². The Labute approximate surface area is 124 Å². The SMILES string of the molecule is CC(C)CN1CC(C(=O)N(C)CCc2ncon2)CC1=O. The molecule has 0 bridgehead atoms. The topological polar surface area (TPSA) is 79.5 Å². The van der Waals surface area contributed by atoms with E-state index in [-0.39, 0.29) is 17.7 Å². The molecule has 0 radical (unpaired) electrons. The van der Waals surface area contributed by atoms with Gasteiger partial charge in [0.2, 0.25) is 18.2 Å². The summed E-state index contributed by atoms with van der Waals surface area (Å²) in [5.41, 5.74) is 0. The number of carbonyl (C=O) groups excluding carboxylic acids is 2. The lowest BCUT2D eigenvalue weighted by molar-refractivity contribution is -0.134. The minimum atomic E-state index is -0.230. The smallest absolute Gasteiger partial charge is 0.227 e. The van der Waals surface area contributed by atoms with Gasteiger partial charge in [0.25, 0.3) is 0 Å². The minimum Gasteiger partial charge on any atom is -0.345 e.